The van der Waals surface area contributed by atoms with Crippen molar-refractivity contribution in [1.29, 1.82) is 5.26 Å². The molecule has 1 aromatic carbocycles. The second-order valence-corrected chi connectivity index (χ2v) is 12.9. The van der Waals surface area contributed by atoms with Crippen molar-refractivity contribution in [2.24, 2.45) is 7.05 Å². The van der Waals surface area contributed by atoms with Gasteiger partial charge in [-0.15, -0.1) is 0 Å². The van der Waals surface area contributed by atoms with Gasteiger partial charge in [0.1, 0.15) is 0 Å². The standard InChI is InChI=1S/C17H24N2Si/c1-17(2,12-18)14-8-7-9-15-16(14)13(10-19(15)3)11-20(4,5)6/h7-10H,11H2,1-6H3. The van der Waals surface area contributed by atoms with E-state index in [0.717, 1.165) is 11.6 Å². The Labute approximate surface area is 123 Å². The summed E-state index contributed by atoms with van der Waals surface area (Å²) in [6, 6.07) is 9.93. The fraction of sp³-hybridized carbons (Fsp3) is 0.471. The summed E-state index contributed by atoms with van der Waals surface area (Å²) in [5, 5.41) is 10.8. The lowest BCUT2D eigenvalue weighted by molar-refractivity contribution is 0.693. The van der Waals surface area contributed by atoms with E-state index in [-0.39, 0.29) is 0 Å². The molecule has 1 aromatic heterocycles. The molecule has 0 unspecified atom stereocenters. The zero-order valence-corrected chi connectivity index (χ0v) is 14.4. The van der Waals surface area contributed by atoms with Gasteiger partial charge in [0.2, 0.25) is 0 Å². The van der Waals surface area contributed by atoms with Crippen LogP contribution in [-0.2, 0) is 18.5 Å². The smallest absolute Gasteiger partial charge is 0.0772 e. The number of aromatic nitrogens is 1. The topological polar surface area (TPSA) is 28.7 Å². The molecule has 0 bridgehead atoms. The molecule has 0 aliphatic carbocycles. The predicted molar refractivity (Wildman–Crippen MR) is 88.6 cm³/mol. The fourth-order valence-electron chi connectivity index (χ4n) is 2.83. The van der Waals surface area contributed by atoms with Crippen LogP contribution in [0, 0.1) is 11.3 Å². The molecule has 0 atom stereocenters. The molecule has 2 aromatic rings. The maximum absolute atomic E-state index is 9.49. The predicted octanol–water partition coefficient (Wildman–Crippen LogP) is 4.40. The van der Waals surface area contributed by atoms with Gasteiger partial charge in [0.25, 0.3) is 0 Å². The third-order valence-corrected chi connectivity index (χ3v) is 5.21. The van der Waals surface area contributed by atoms with Crippen LogP contribution in [-0.4, -0.2) is 12.6 Å². The highest BCUT2D eigenvalue weighted by Gasteiger charge is 2.26. The molecule has 0 amide bonds. The molecular weight excluding hydrogens is 260 g/mol. The second kappa shape index (κ2) is 4.78. The van der Waals surface area contributed by atoms with E-state index in [1.54, 1.807) is 0 Å². The lowest BCUT2D eigenvalue weighted by Gasteiger charge is -2.20. The van der Waals surface area contributed by atoms with Gasteiger partial charge in [-0.05, 0) is 37.1 Å². The minimum Gasteiger partial charge on any atom is -0.350 e. The van der Waals surface area contributed by atoms with Crippen molar-refractivity contribution in [3.63, 3.8) is 0 Å². The van der Waals surface area contributed by atoms with Crippen LogP contribution in [0.2, 0.25) is 19.6 Å². The van der Waals surface area contributed by atoms with Gasteiger partial charge in [0, 0.05) is 32.2 Å². The molecule has 0 fully saturated rings. The molecule has 1 heterocycles. The Kier molecular flexibility index (Phi) is 3.56. The quantitative estimate of drug-likeness (QED) is 0.768. The molecule has 0 spiro atoms. The Balaban J connectivity index is 2.76. The van der Waals surface area contributed by atoms with Gasteiger partial charge in [-0.2, -0.15) is 5.26 Å². The average Bonchev–Trinajstić information content (AvgIpc) is 2.64. The van der Waals surface area contributed by atoms with Crippen LogP contribution >= 0.6 is 0 Å². The number of benzene rings is 1. The monoisotopic (exact) mass is 284 g/mol. The molecular formula is C17H24N2Si. The number of nitriles is 1. The number of nitrogens with zero attached hydrogens (tertiary/aromatic N) is 2. The van der Waals surface area contributed by atoms with E-state index in [2.05, 4.69) is 61.7 Å². The second-order valence-electron chi connectivity index (χ2n) is 7.44. The average molecular weight is 284 g/mol. The largest absolute Gasteiger partial charge is 0.350 e. The summed E-state index contributed by atoms with van der Waals surface area (Å²) in [5.41, 5.74) is 3.35. The summed E-state index contributed by atoms with van der Waals surface area (Å²) in [6.45, 7) is 11.2. The number of hydrogen-bond donors (Lipinski definition) is 0. The van der Waals surface area contributed by atoms with Crippen molar-refractivity contribution >= 4 is 19.0 Å². The van der Waals surface area contributed by atoms with Crippen molar-refractivity contribution in [1.82, 2.24) is 4.57 Å². The van der Waals surface area contributed by atoms with Crippen LogP contribution in [0.15, 0.2) is 24.4 Å². The lowest BCUT2D eigenvalue weighted by Crippen LogP contribution is -2.24. The summed E-state index contributed by atoms with van der Waals surface area (Å²) in [4.78, 5) is 0. The Hall–Kier alpha value is -1.53. The summed E-state index contributed by atoms with van der Waals surface area (Å²) >= 11 is 0. The fourth-order valence-corrected chi connectivity index (χ4v) is 4.24. The number of hydrogen-bond acceptors (Lipinski definition) is 1. The van der Waals surface area contributed by atoms with Crippen molar-refractivity contribution < 1.29 is 0 Å². The first-order valence-electron chi connectivity index (χ1n) is 7.14. The number of aryl methyl sites for hydroxylation is 1. The third kappa shape index (κ3) is 2.66. The summed E-state index contributed by atoms with van der Waals surface area (Å²) in [5.74, 6) is 0. The van der Waals surface area contributed by atoms with Crippen molar-refractivity contribution in [2.75, 3.05) is 0 Å². The lowest BCUT2D eigenvalue weighted by atomic mass is 9.83. The van der Waals surface area contributed by atoms with Gasteiger partial charge in [0.05, 0.1) is 11.5 Å². The maximum Gasteiger partial charge on any atom is 0.0772 e. The van der Waals surface area contributed by atoms with Crippen molar-refractivity contribution in [3.05, 3.63) is 35.5 Å². The van der Waals surface area contributed by atoms with Crippen molar-refractivity contribution in [3.8, 4) is 6.07 Å². The number of rotatable bonds is 3. The van der Waals surface area contributed by atoms with E-state index in [1.807, 2.05) is 13.8 Å². The molecule has 20 heavy (non-hydrogen) atoms. The third-order valence-electron chi connectivity index (χ3n) is 3.77. The van der Waals surface area contributed by atoms with Gasteiger partial charge < -0.3 is 4.57 Å². The zero-order chi connectivity index (χ0) is 15.1. The minimum atomic E-state index is -1.19. The molecule has 0 N–H and O–H groups in total. The number of fused-ring (bicyclic) bond motifs is 1. The molecule has 0 aliphatic rings. The molecule has 2 nitrogen and oxygen atoms in total. The van der Waals surface area contributed by atoms with E-state index in [4.69, 9.17) is 0 Å². The molecule has 0 aliphatic heterocycles. The summed E-state index contributed by atoms with van der Waals surface area (Å²) < 4.78 is 2.20. The van der Waals surface area contributed by atoms with Crippen LogP contribution in [0.1, 0.15) is 25.0 Å². The van der Waals surface area contributed by atoms with Gasteiger partial charge in [-0.1, -0.05) is 31.8 Å². The van der Waals surface area contributed by atoms with E-state index >= 15 is 0 Å². The Morgan fingerprint density at radius 2 is 1.90 bits per heavy atom. The van der Waals surface area contributed by atoms with E-state index in [1.165, 1.54) is 16.5 Å². The SMILES string of the molecule is Cn1cc(C[Si](C)(C)C)c2c(C(C)(C)C#N)cccc21. The van der Waals surface area contributed by atoms with Crippen molar-refractivity contribution in [2.45, 2.75) is 44.9 Å². The molecule has 0 saturated carbocycles. The van der Waals surface area contributed by atoms with E-state index in [9.17, 15) is 5.26 Å². The normalized spacial score (nSPS) is 12.7. The highest BCUT2D eigenvalue weighted by Crippen LogP contribution is 2.34. The Bertz CT molecular complexity index is 681. The summed E-state index contributed by atoms with van der Waals surface area (Å²) in [7, 11) is 0.906. The Morgan fingerprint density at radius 1 is 1.25 bits per heavy atom. The summed E-state index contributed by atoms with van der Waals surface area (Å²) in [6.07, 6.45) is 2.25. The minimum absolute atomic E-state index is 0.449. The molecule has 2 rings (SSSR count). The molecule has 106 valence electrons. The first-order chi connectivity index (χ1) is 9.15. The van der Waals surface area contributed by atoms with Gasteiger partial charge in [-0.3, -0.25) is 0 Å². The van der Waals surface area contributed by atoms with Crippen LogP contribution in [0.25, 0.3) is 10.9 Å². The first-order valence-corrected chi connectivity index (χ1v) is 10.8. The van der Waals surface area contributed by atoms with E-state index < -0.39 is 13.5 Å². The maximum atomic E-state index is 9.49. The molecule has 0 saturated heterocycles. The van der Waals surface area contributed by atoms with Crippen LogP contribution in [0.5, 0.6) is 0 Å². The molecule has 3 heteroatoms. The van der Waals surface area contributed by atoms with E-state index in [0.29, 0.717) is 0 Å². The van der Waals surface area contributed by atoms with Crippen LogP contribution in [0.3, 0.4) is 0 Å². The molecule has 0 radical (unpaired) electrons. The van der Waals surface area contributed by atoms with Crippen LogP contribution in [0.4, 0.5) is 0 Å². The van der Waals surface area contributed by atoms with Crippen LogP contribution < -0.4 is 0 Å². The van der Waals surface area contributed by atoms with Gasteiger partial charge in [-0.25, -0.2) is 0 Å². The zero-order valence-electron chi connectivity index (χ0n) is 13.4. The van der Waals surface area contributed by atoms with Gasteiger partial charge >= 0.3 is 0 Å². The first kappa shape index (κ1) is 14.9. The Morgan fingerprint density at radius 3 is 2.45 bits per heavy atom. The highest BCUT2D eigenvalue weighted by atomic mass is 28.3. The van der Waals surface area contributed by atoms with Gasteiger partial charge in [0.15, 0.2) is 0 Å². The highest BCUT2D eigenvalue weighted by molar-refractivity contribution is 6.75.